The summed E-state index contributed by atoms with van der Waals surface area (Å²) < 4.78 is 6.41. The predicted molar refractivity (Wildman–Crippen MR) is 125 cm³/mol. The lowest BCUT2D eigenvalue weighted by Gasteiger charge is -2.61. The Morgan fingerprint density at radius 1 is 0.933 bits per heavy atom. The molecule has 8 atom stereocenters. The number of hydrogen-bond donors (Lipinski definition) is 2. The number of benzene rings is 1. The van der Waals surface area contributed by atoms with E-state index in [1.807, 2.05) is 18.2 Å². The molecule has 0 aromatic heterocycles. The number of hydrogen-bond acceptors (Lipinski definition) is 3. The van der Waals surface area contributed by atoms with Crippen LogP contribution in [0.25, 0.3) is 0 Å². The van der Waals surface area contributed by atoms with Crippen molar-refractivity contribution in [1.29, 1.82) is 0 Å². The summed E-state index contributed by atoms with van der Waals surface area (Å²) in [6.07, 6.45) is 14.1. The molecule has 4 aliphatic carbocycles. The molecule has 4 fully saturated rings. The van der Waals surface area contributed by atoms with Gasteiger partial charge in [-0.25, -0.2) is 0 Å². The van der Waals surface area contributed by atoms with Crippen LogP contribution in [0.2, 0.25) is 0 Å². The standard InChI is InChI=1S/C27H42N2O/c1-4-17-6-9-22-21-8-5-18-15-20(30-25-16-19(28)7-10-24(25)29)11-13-27(18,3)23(21)12-14-26(17,22)2/h7,10,16-18,20-23H,4-6,8-9,11-15,28-29H2,1-3H3. The zero-order valence-electron chi connectivity index (χ0n) is 19.3. The van der Waals surface area contributed by atoms with E-state index in [2.05, 4.69) is 20.8 Å². The van der Waals surface area contributed by atoms with Gasteiger partial charge in [0, 0.05) is 11.8 Å². The van der Waals surface area contributed by atoms with Crippen LogP contribution >= 0.6 is 0 Å². The van der Waals surface area contributed by atoms with E-state index in [-0.39, 0.29) is 6.10 Å². The molecule has 0 radical (unpaired) electrons. The Morgan fingerprint density at radius 2 is 1.70 bits per heavy atom. The minimum Gasteiger partial charge on any atom is -0.488 e. The van der Waals surface area contributed by atoms with Gasteiger partial charge in [0.15, 0.2) is 0 Å². The normalized spacial score (nSPS) is 45.3. The Hall–Kier alpha value is -1.38. The summed E-state index contributed by atoms with van der Waals surface area (Å²) in [4.78, 5) is 0. The summed E-state index contributed by atoms with van der Waals surface area (Å²) in [6.45, 7) is 7.73. The van der Waals surface area contributed by atoms with Crippen molar-refractivity contribution in [2.75, 3.05) is 11.5 Å². The van der Waals surface area contributed by atoms with Crippen molar-refractivity contribution >= 4 is 11.4 Å². The van der Waals surface area contributed by atoms with Crippen molar-refractivity contribution in [3.8, 4) is 5.75 Å². The van der Waals surface area contributed by atoms with Crippen LogP contribution < -0.4 is 16.2 Å². The minimum atomic E-state index is 0.286. The van der Waals surface area contributed by atoms with Crippen molar-refractivity contribution in [2.24, 2.45) is 40.4 Å². The maximum absolute atomic E-state index is 6.41. The Morgan fingerprint density at radius 3 is 2.50 bits per heavy atom. The molecule has 0 bridgehead atoms. The second kappa shape index (κ2) is 7.35. The van der Waals surface area contributed by atoms with Crippen molar-refractivity contribution < 1.29 is 4.74 Å². The number of nitrogen functional groups attached to an aromatic ring is 2. The van der Waals surface area contributed by atoms with Crippen LogP contribution in [0.3, 0.4) is 0 Å². The lowest BCUT2D eigenvalue weighted by Crippen LogP contribution is -2.54. The van der Waals surface area contributed by atoms with Crippen LogP contribution in [0.5, 0.6) is 5.75 Å². The highest BCUT2D eigenvalue weighted by molar-refractivity contribution is 5.59. The predicted octanol–water partition coefficient (Wildman–Crippen LogP) is 6.67. The monoisotopic (exact) mass is 410 g/mol. The van der Waals surface area contributed by atoms with Gasteiger partial charge in [0.1, 0.15) is 5.75 Å². The molecule has 8 unspecified atom stereocenters. The van der Waals surface area contributed by atoms with Crippen molar-refractivity contribution in [3.63, 3.8) is 0 Å². The van der Waals surface area contributed by atoms with E-state index in [0.717, 1.165) is 47.4 Å². The van der Waals surface area contributed by atoms with Crippen LogP contribution in [-0.2, 0) is 0 Å². The fourth-order valence-electron chi connectivity index (χ4n) is 8.94. The average Bonchev–Trinajstić information content (AvgIpc) is 3.07. The summed E-state index contributed by atoms with van der Waals surface area (Å²) in [7, 11) is 0. The van der Waals surface area contributed by atoms with Gasteiger partial charge in [-0.3, -0.25) is 0 Å². The van der Waals surface area contributed by atoms with Crippen LogP contribution in [-0.4, -0.2) is 6.10 Å². The van der Waals surface area contributed by atoms with E-state index in [0.29, 0.717) is 16.5 Å². The van der Waals surface area contributed by atoms with E-state index in [4.69, 9.17) is 16.2 Å². The van der Waals surface area contributed by atoms with E-state index in [1.54, 1.807) is 0 Å². The van der Waals surface area contributed by atoms with Crippen LogP contribution in [0.15, 0.2) is 18.2 Å². The summed E-state index contributed by atoms with van der Waals surface area (Å²) in [5.41, 5.74) is 14.7. The molecular weight excluding hydrogens is 368 g/mol. The molecular formula is C27H42N2O. The molecule has 4 aliphatic rings. The third-order valence-corrected chi connectivity index (χ3v) is 10.6. The highest BCUT2D eigenvalue weighted by atomic mass is 16.5. The number of ether oxygens (including phenoxy) is 1. The van der Waals surface area contributed by atoms with Gasteiger partial charge in [0.25, 0.3) is 0 Å². The molecule has 1 aromatic carbocycles. The lowest BCUT2D eigenvalue weighted by molar-refractivity contribution is -0.124. The first-order valence-corrected chi connectivity index (χ1v) is 12.7. The molecule has 30 heavy (non-hydrogen) atoms. The molecule has 3 nitrogen and oxygen atoms in total. The van der Waals surface area contributed by atoms with E-state index < -0.39 is 0 Å². The topological polar surface area (TPSA) is 61.3 Å². The zero-order valence-corrected chi connectivity index (χ0v) is 19.3. The number of fused-ring (bicyclic) bond motifs is 5. The first kappa shape index (κ1) is 20.5. The molecule has 4 N–H and O–H groups in total. The maximum atomic E-state index is 6.41. The molecule has 0 aliphatic heterocycles. The van der Waals surface area contributed by atoms with E-state index in [9.17, 15) is 0 Å². The average molecular weight is 411 g/mol. The SMILES string of the molecule is CCC1CCC2C3CCC4CC(Oc5cc(N)ccc5N)CCC4(C)C3CCC12C. The van der Waals surface area contributed by atoms with E-state index >= 15 is 0 Å². The van der Waals surface area contributed by atoms with Crippen molar-refractivity contribution in [2.45, 2.75) is 91.1 Å². The Balaban J connectivity index is 1.31. The van der Waals surface area contributed by atoms with Gasteiger partial charge in [-0.1, -0.05) is 27.2 Å². The molecule has 5 rings (SSSR count). The van der Waals surface area contributed by atoms with Crippen LogP contribution in [0.1, 0.15) is 85.0 Å². The fourth-order valence-corrected chi connectivity index (χ4v) is 8.94. The smallest absolute Gasteiger partial charge is 0.144 e. The number of anilines is 2. The third-order valence-electron chi connectivity index (χ3n) is 10.6. The lowest BCUT2D eigenvalue weighted by atomic mass is 9.44. The number of nitrogens with two attached hydrogens (primary N) is 2. The second-order valence-corrected chi connectivity index (χ2v) is 11.7. The third kappa shape index (κ3) is 3.06. The van der Waals surface area contributed by atoms with Crippen molar-refractivity contribution in [3.05, 3.63) is 18.2 Å². The summed E-state index contributed by atoms with van der Waals surface area (Å²) in [5, 5.41) is 0. The Kier molecular flexibility index (Phi) is 5.02. The fraction of sp³-hybridized carbons (Fsp3) is 0.778. The molecule has 4 saturated carbocycles. The first-order valence-electron chi connectivity index (χ1n) is 12.7. The van der Waals surface area contributed by atoms with Gasteiger partial charge < -0.3 is 16.2 Å². The summed E-state index contributed by atoms with van der Waals surface area (Å²) in [6, 6.07) is 5.61. The van der Waals surface area contributed by atoms with Crippen LogP contribution in [0, 0.1) is 40.4 Å². The van der Waals surface area contributed by atoms with Gasteiger partial charge in [0.2, 0.25) is 0 Å². The molecule has 0 heterocycles. The summed E-state index contributed by atoms with van der Waals surface area (Å²) in [5.74, 6) is 5.45. The molecule has 0 spiro atoms. The maximum Gasteiger partial charge on any atom is 0.144 e. The molecule has 0 amide bonds. The largest absolute Gasteiger partial charge is 0.488 e. The second-order valence-electron chi connectivity index (χ2n) is 11.7. The zero-order chi connectivity index (χ0) is 21.1. The minimum absolute atomic E-state index is 0.286. The Bertz CT molecular complexity index is 793. The van der Waals surface area contributed by atoms with Gasteiger partial charge in [0.05, 0.1) is 11.8 Å². The molecule has 1 aromatic rings. The summed E-state index contributed by atoms with van der Waals surface area (Å²) >= 11 is 0. The molecule has 0 saturated heterocycles. The Labute approximate surface area is 183 Å². The van der Waals surface area contributed by atoms with Gasteiger partial charge >= 0.3 is 0 Å². The van der Waals surface area contributed by atoms with Crippen LogP contribution in [0.4, 0.5) is 11.4 Å². The van der Waals surface area contributed by atoms with Crippen molar-refractivity contribution in [1.82, 2.24) is 0 Å². The highest BCUT2D eigenvalue weighted by Crippen LogP contribution is 2.67. The molecule has 3 heteroatoms. The quantitative estimate of drug-likeness (QED) is 0.547. The first-order chi connectivity index (χ1) is 14.3. The van der Waals surface area contributed by atoms with E-state index in [1.165, 1.54) is 57.8 Å². The number of rotatable bonds is 3. The van der Waals surface area contributed by atoms with Gasteiger partial charge in [-0.2, -0.15) is 0 Å². The van der Waals surface area contributed by atoms with Gasteiger partial charge in [-0.15, -0.1) is 0 Å². The van der Waals surface area contributed by atoms with Gasteiger partial charge in [-0.05, 0) is 110 Å². The highest BCUT2D eigenvalue weighted by Gasteiger charge is 2.59. The molecule has 166 valence electrons.